The Morgan fingerprint density at radius 2 is 2.00 bits per heavy atom. The first-order valence-corrected chi connectivity index (χ1v) is 11.0. The highest BCUT2D eigenvalue weighted by Crippen LogP contribution is 2.25. The number of allylic oxidation sites excluding steroid dienone is 2. The number of hydrogen-bond donors (Lipinski definition) is 0. The molecule has 0 radical (unpaired) electrons. The predicted molar refractivity (Wildman–Crippen MR) is 122 cm³/mol. The molecule has 5 heteroatoms. The van der Waals surface area contributed by atoms with Gasteiger partial charge in [-0.25, -0.2) is 0 Å². The number of carbonyl (C=O) groups is 2. The molecule has 2 amide bonds. The van der Waals surface area contributed by atoms with Gasteiger partial charge in [0.25, 0.3) is 0 Å². The first-order chi connectivity index (χ1) is 15.2. The number of amides is 2. The average molecular weight is 416 g/mol. The van der Waals surface area contributed by atoms with E-state index in [2.05, 4.69) is 35.8 Å². The molecular formula is C26H29N3O2. The van der Waals surface area contributed by atoms with Crippen LogP contribution in [0.1, 0.15) is 24.8 Å². The minimum atomic E-state index is -0.462. The fraction of sp³-hybridized carbons (Fsp3) is 0.346. The van der Waals surface area contributed by atoms with Gasteiger partial charge in [-0.3, -0.25) is 14.6 Å². The van der Waals surface area contributed by atoms with Gasteiger partial charge in [0.05, 0.1) is 0 Å². The van der Waals surface area contributed by atoms with E-state index >= 15 is 0 Å². The van der Waals surface area contributed by atoms with Gasteiger partial charge in [0, 0.05) is 44.9 Å². The van der Waals surface area contributed by atoms with Crippen molar-refractivity contribution in [1.29, 1.82) is 0 Å². The molecule has 2 atom stereocenters. The van der Waals surface area contributed by atoms with Crippen LogP contribution in [-0.4, -0.2) is 52.3 Å². The maximum absolute atomic E-state index is 13.2. The molecule has 0 spiro atoms. The second-order valence-corrected chi connectivity index (χ2v) is 8.29. The third-order valence-corrected chi connectivity index (χ3v) is 6.18. The predicted octanol–water partition coefficient (Wildman–Crippen LogP) is 3.87. The number of rotatable bonds is 7. The van der Waals surface area contributed by atoms with Crippen molar-refractivity contribution in [3.05, 3.63) is 79.2 Å². The molecule has 2 heterocycles. The van der Waals surface area contributed by atoms with Crippen molar-refractivity contribution in [2.45, 2.75) is 31.7 Å². The smallest absolute Gasteiger partial charge is 0.246 e. The van der Waals surface area contributed by atoms with Crippen LogP contribution in [0, 0.1) is 5.92 Å². The van der Waals surface area contributed by atoms with E-state index in [9.17, 15) is 9.59 Å². The van der Waals surface area contributed by atoms with Crippen LogP contribution < -0.4 is 0 Å². The zero-order valence-electron chi connectivity index (χ0n) is 17.8. The maximum atomic E-state index is 13.2. The van der Waals surface area contributed by atoms with E-state index in [1.54, 1.807) is 17.2 Å². The number of pyridine rings is 1. The number of carbonyl (C=O) groups excluding carboxylic acids is 2. The molecule has 1 aliphatic carbocycles. The van der Waals surface area contributed by atoms with Gasteiger partial charge in [0.15, 0.2) is 0 Å². The number of aromatic nitrogens is 1. The summed E-state index contributed by atoms with van der Waals surface area (Å²) in [5.41, 5.74) is 3.19. The minimum absolute atomic E-state index is 0.0119. The van der Waals surface area contributed by atoms with Crippen LogP contribution >= 0.6 is 0 Å². The molecule has 1 saturated heterocycles. The Morgan fingerprint density at radius 3 is 2.68 bits per heavy atom. The van der Waals surface area contributed by atoms with E-state index in [4.69, 9.17) is 0 Å². The molecule has 1 aromatic carbocycles. The number of hydrogen-bond acceptors (Lipinski definition) is 3. The van der Waals surface area contributed by atoms with E-state index < -0.39 is 6.04 Å². The first kappa shape index (κ1) is 21.0. The lowest BCUT2D eigenvalue weighted by molar-refractivity contribution is -0.151. The Labute approximate surface area is 184 Å². The van der Waals surface area contributed by atoms with E-state index in [0.717, 1.165) is 29.5 Å². The average Bonchev–Trinajstić information content (AvgIpc) is 3.31. The first-order valence-electron chi connectivity index (χ1n) is 11.0. The highest BCUT2D eigenvalue weighted by molar-refractivity contribution is 5.89. The molecule has 0 saturated carbocycles. The van der Waals surface area contributed by atoms with Crippen molar-refractivity contribution in [1.82, 2.24) is 14.8 Å². The molecule has 0 N–H and O–H groups in total. The van der Waals surface area contributed by atoms with Crippen molar-refractivity contribution in [3.8, 4) is 11.1 Å². The molecule has 1 aromatic heterocycles. The van der Waals surface area contributed by atoms with E-state index in [0.29, 0.717) is 38.4 Å². The van der Waals surface area contributed by atoms with Crippen LogP contribution in [0.4, 0.5) is 0 Å². The van der Waals surface area contributed by atoms with Crippen molar-refractivity contribution in [3.63, 3.8) is 0 Å². The molecule has 160 valence electrons. The molecule has 2 unspecified atom stereocenters. The van der Waals surface area contributed by atoms with Gasteiger partial charge < -0.3 is 9.80 Å². The Morgan fingerprint density at radius 1 is 1.16 bits per heavy atom. The molecule has 2 aliphatic rings. The number of piperazine rings is 1. The van der Waals surface area contributed by atoms with Crippen LogP contribution in [0.3, 0.4) is 0 Å². The lowest BCUT2D eigenvalue weighted by Gasteiger charge is -2.41. The topological polar surface area (TPSA) is 53.5 Å². The monoisotopic (exact) mass is 415 g/mol. The molecule has 31 heavy (non-hydrogen) atoms. The molecule has 2 aromatic rings. The summed E-state index contributed by atoms with van der Waals surface area (Å²) in [4.78, 5) is 34.1. The summed E-state index contributed by atoms with van der Waals surface area (Å²) < 4.78 is 0. The molecular weight excluding hydrogens is 386 g/mol. The summed E-state index contributed by atoms with van der Waals surface area (Å²) in [6.07, 6.45) is 12.7. The van der Waals surface area contributed by atoms with Gasteiger partial charge in [-0.05, 0) is 41.5 Å². The van der Waals surface area contributed by atoms with Gasteiger partial charge in [-0.15, -0.1) is 6.58 Å². The van der Waals surface area contributed by atoms with Gasteiger partial charge in [0.1, 0.15) is 6.04 Å². The normalized spacial score (nSPS) is 20.8. The fourth-order valence-corrected chi connectivity index (χ4v) is 4.47. The Balaban J connectivity index is 1.51. The second kappa shape index (κ2) is 9.73. The number of benzene rings is 1. The highest BCUT2D eigenvalue weighted by atomic mass is 16.2. The van der Waals surface area contributed by atoms with E-state index in [-0.39, 0.29) is 11.8 Å². The van der Waals surface area contributed by atoms with Crippen molar-refractivity contribution in [2.24, 2.45) is 5.92 Å². The summed E-state index contributed by atoms with van der Waals surface area (Å²) in [7, 11) is 0. The van der Waals surface area contributed by atoms with Crippen LogP contribution in [0.2, 0.25) is 0 Å². The van der Waals surface area contributed by atoms with Gasteiger partial charge in [-0.1, -0.05) is 48.6 Å². The van der Waals surface area contributed by atoms with E-state index in [1.165, 1.54) is 0 Å². The minimum Gasteiger partial charge on any atom is -0.335 e. The zero-order chi connectivity index (χ0) is 21.6. The molecule has 1 aliphatic heterocycles. The molecule has 0 bridgehead atoms. The van der Waals surface area contributed by atoms with Gasteiger partial charge in [-0.2, -0.15) is 0 Å². The summed E-state index contributed by atoms with van der Waals surface area (Å²) in [5.74, 6) is 0.395. The third-order valence-electron chi connectivity index (χ3n) is 6.18. The quantitative estimate of drug-likeness (QED) is 0.645. The summed E-state index contributed by atoms with van der Waals surface area (Å²) in [5, 5.41) is 0. The maximum Gasteiger partial charge on any atom is 0.246 e. The van der Waals surface area contributed by atoms with Crippen LogP contribution in [-0.2, 0) is 16.0 Å². The largest absolute Gasteiger partial charge is 0.335 e. The summed E-state index contributed by atoms with van der Waals surface area (Å²) >= 11 is 0. The van der Waals surface area contributed by atoms with Crippen molar-refractivity contribution in [2.75, 3.05) is 19.6 Å². The van der Waals surface area contributed by atoms with Gasteiger partial charge >= 0.3 is 0 Å². The molecule has 5 nitrogen and oxygen atoms in total. The standard InChI is InChI=1S/C26H29N3O2/c1-2-14-28-15-16-29(25(30)18-20-6-3-4-7-20)24(26(28)31)17-21-9-11-22(12-10-21)23-8-5-13-27-19-23/h2-3,5-6,8-13,19-20,24H,1,4,7,14-18H2. The van der Waals surface area contributed by atoms with Gasteiger partial charge in [0.2, 0.25) is 11.8 Å². The van der Waals surface area contributed by atoms with Crippen LogP contribution in [0.25, 0.3) is 11.1 Å². The zero-order valence-corrected chi connectivity index (χ0v) is 17.8. The van der Waals surface area contributed by atoms with Crippen LogP contribution in [0.15, 0.2) is 73.6 Å². The Kier molecular flexibility index (Phi) is 6.60. The summed E-state index contributed by atoms with van der Waals surface area (Å²) in [6.45, 7) is 5.43. The lowest BCUT2D eigenvalue weighted by atomic mass is 9.97. The number of nitrogens with zero attached hydrogens (tertiary/aromatic N) is 3. The lowest BCUT2D eigenvalue weighted by Crippen LogP contribution is -2.59. The Hall–Kier alpha value is -3.21. The highest BCUT2D eigenvalue weighted by Gasteiger charge is 2.37. The van der Waals surface area contributed by atoms with Crippen LogP contribution in [0.5, 0.6) is 0 Å². The summed E-state index contributed by atoms with van der Waals surface area (Å²) in [6, 6.07) is 11.7. The second-order valence-electron chi connectivity index (χ2n) is 8.29. The van der Waals surface area contributed by atoms with E-state index in [1.807, 2.05) is 35.4 Å². The molecule has 4 rings (SSSR count). The Bertz CT molecular complexity index is 952. The SMILES string of the molecule is C=CCN1CCN(C(=O)CC2C=CCC2)C(Cc2ccc(-c3cccnc3)cc2)C1=O. The van der Waals surface area contributed by atoms with Crippen molar-refractivity contribution < 1.29 is 9.59 Å². The molecule has 1 fully saturated rings. The van der Waals surface area contributed by atoms with Crippen molar-refractivity contribution >= 4 is 11.8 Å². The fourth-order valence-electron chi connectivity index (χ4n) is 4.47. The third kappa shape index (κ3) is 4.93.